The molecule has 1 aromatic carbocycles. The Bertz CT molecular complexity index is 860. The van der Waals surface area contributed by atoms with Gasteiger partial charge < -0.3 is 9.15 Å². The Kier molecular flexibility index (Phi) is 5.55. The number of aromatic nitrogens is 3. The highest BCUT2D eigenvalue weighted by Gasteiger charge is 2.16. The summed E-state index contributed by atoms with van der Waals surface area (Å²) < 4.78 is 26.0. The molecular formula is C18H18FN3O2S. The van der Waals surface area contributed by atoms with Crippen LogP contribution in [0.15, 0.2) is 58.8 Å². The smallest absolute Gasteiger partial charge is 0.191 e. The number of nitrogens with zero attached hydrogens (tertiary/aromatic N) is 3. The molecule has 0 aliphatic heterocycles. The van der Waals surface area contributed by atoms with Gasteiger partial charge in [-0.05, 0) is 25.1 Å². The Labute approximate surface area is 149 Å². The first-order valence-corrected chi connectivity index (χ1v) is 8.77. The first-order chi connectivity index (χ1) is 12.2. The second-order valence-electron chi connectivity index (χ2n) is 5.25. The monoisotopic (exact) mass is 359 g/mol. The van der Waals surface area contributed by atoms with Crippen molar-refractivity contribution in [2.45, 2.75) is 18.6 Å². The minimum Gasteiger partial charge on any atom is -0.493 e. The molecule has 25 heavy (non-hydrogen) atoms. The standard InChI is InChI=1S/C18H18FN3O2S/c1-3-8-22-17(16-7-9-23-13(16)2)20-21-18(22)25-11-10-24-15-6-4-5-14(19)12-15/h3-7,9,12H,1,8,10-11H2,2H3. The molecule has 0 saturated heterocycles. The highest BCUT2D eigenvalue weighted by atomic mass is 32.2. The maximum absolute atomic E-state index is 13.1. The lowest BCUT2D eigenvalue weighted by Crippen LogP contribution is -2.04. The molecule has 3 aromatic rings. The van der Waals surface area contributed by atoms with E-state index in [1.165, 1.54) is 23.9 Å². The van der Waals surface area contributed by atoms with Crippen LogP contribution >= 0.6 is 11.8 Å². The van der Waals surface area contributed by atoms with Crippen molar-refractivity contribution in [2.24, 2.45) is 0 Å². The highest BCUT2D eigenvalue weighted by molar-refractivity contribution is 7.99. The van der Waals surface area contributed by atoms with Crippen LogP contribution in [0.3, 0.4) is 0 Å². The van der Waals surface area contributed by atoms with Crippen molar-refractivity contribution in [1.82, 2.24) is 14.8 Å². The third-order valence-electron chi connectivity index (χ3n) is 3.51. The predicted octanol–water partition coefficient (Wildman–Crippen LogP) is 4.34. The van der Waals surface area contributed by atoms with Gasteiger partial charge in [-0.1, -0.05) is 23.9 Å². The fourth-order valence-electron chi connectivity index (χ4n) is 2.35. The summed E-state index contributed by atoms with van der Waals surface area (Å²) in [5.41, 5.74) is 0.914. The van der Waals surface area contributed by atoms with E-state index in [4.69, 9.17) is 9.15 Å². The van der Waals surface area contributed by atoms with Crippen LogP contribution in [0.1, 0.15) is 5.76 Å². The molecule has 2 aromatic heterocycles. The van der Waals surface area contributed by atoms with Gasteiger partial charge in [0.05, 0.1) is 18.4 Å². The van der Waals surface area contributed by atoms with Crippen LogP contribution in [0.5, 0.6) is 5.75 Å². The van der Waals surface area contributed by atoms with E-state index in [9.17, 15) is 4.39 Å². The molecule has 3 rings (SSSR count). The lowest BCUT2D eigenvalue weighted by Gasteiger charge is -2.08. The molecule has 0 bridgehead atoms. The van der Waals surface area contributed by atoms with Crippen LogP contribution in [0.25, 0.3) is 11.4 Å². The molecule has 5 nitrogen and oxygen atoms in total. The van der Waals surface area contributed by atoms with Gasteiger partial charge in [0.15, 0.2) is 11.0 Å². The first kappa shape index (κ1) is 17.3. The van der Waals surface area contributed by atoms with Crippen molar-refractivity contribution in [3.8, 4) is 17.1 Å². The maximum atomic E-state index is 13.1. The van der Waals surface area contributed by atoms with E-state index < -0.39 is 0 Å². The molecule has 0 fully saturated rings. The second kappa shape index (κ2) is 8.02. The fraction of sp³-hybridized carbons (Fsp3) is 0.222. The summed E-state index contributed by atoms with van der Waals surface area (Å²) in [6.45, 7) is 6.72. The average Bonchev–Trinajstić information content (AvgIpc) is 3.18. The van der Waals surface area contributed by atoms with Gasteiger partial charge in [0.1, 0.15) is 17.3 Å². The molecule has 0 aliphatic carbocycles. The topological polar surface area (TPSA) is 53.1 Å². The van der Waals surface area contributed by atoms with Gasteiger partial charge in [-0.3, -0.25) is 4.57 Å². The zero-order valence-electron chi connectivity index (χ0n) is 13.8. The van der Waals surface area contributed by atoms with Crippen LogP contribution in [0.4, 0.5) is 4.39 Å². The number of hydrogen-bond donors (Lipinski definition) is 0. The predicted molar refractivity (Wildman–Crippen MR) is 95.3 cm³/mol. The SMILES string of the molecule is C=CCn1c(SCCOc2cccc(F)c2)nnc1-c1ccoc1C. The molecule has 0 saturated carbocycles. The minimum atomic E-state index is -0.309. The summed E-state index contributed by atoms with van der Waals surface area (Å²) in [4.78, 5) is 0. The Balaban J connectivity index is 1.65. The van der Waals surface area contributed by atoms with Crippen LogP contribution in [0.2, 0.25) is 0 Å². The molecule has 0 aliphatic rings. The van der Waals surface area contributed by atoms with E-state index >= 15 is 0 Å². The Morgan fingerprint density at radius 2 is 2.24 bits per heavy atom. The van der Waals surface area contributed by atoms with Crippen molar-refractivity contribution in [3.63, 3.8) is 0 Å². The van der Waals surface area contributed by atoms with Crippen molar-refractivity contribution in [1.29, 1.82) is 0 Å². The molecular weight excluding hydrogens is 341 g/mol. The lowest BCUT2D eigenvalue weighted by atomic mass is 10.2. The molecule has 0 unspecified atom stereocenters. The zero-order valence-corrected chi connectivity index (χ0v) is 14.6. The number of aryl methyl sites for hydroxylation is 1. The highest BCUT2D eigenvalue weighted by Crippen LogP contribution is 2.27. The van der Waals surface area contributed by atoms with Crippen LogP contribution in [-0.2, 0) is 6.54 Å². The van der Waals surface area contributed by atoms with E-state index in [2.05, 4.69) is 16.8 Å². The van der Waals surface area contributed by atoms with Gasteiger partial charge in [0, 0.05) is 18.4 Å². The number of allylic oxidation sites excluding steroid dienone is 1. The summed E-state index contributed by atoms with van der Waals surface area (Å²) in [6.07, 6.45) is 3.44. The number of ether oxygens (including phenoxy) is 1. The number of thioether (sulfide) groups is 1. The lowest BCUT2D eigenvalue weighted by molar-refractivity contribution is 0.342. The van der Waals surface area contributed by atoms with Gasteiger partial charge in [-0.2, -0.15) is 0 Å². The molecule has 7 heteroatoms. The second-order valence-corrected chi connectivity index (χ2v) is 6.31. The Hall–Kier alpha value is -2.54. The number of hydrogen-bond acceptors (Lipinski definition) is 5. The Morgan fingerprint density at radius 1 is 1.36 bits per heavy atom. The molecule has 0 spiro atoms. The van der Waals surface area contributed by atoms with E-state index in [0.29, 0.717) is 24.7 Å². The van der Waals surface area contributed by atoms with E-state index in [1.807, 2.05) is 17.6 Å². The van der Waals surface area contributed by atoms with E-state index in [0.717, 1.165) is 22.3 Å². The quantitative estimate of drug-likeness (QED) is 0.340. The summed E-state index contributed by atoms with van der Waals surface area (Å²) >= 11 is 1.53. The third-order valence-corrected chi connectivity index (χ3v) is 4.44. The van der Waals surface area contributed by atoms with Crippen molar-refractivity contribution in [3.05, 3.63) is 60.8 Å². The van der Waals surface area contributed by atoms with Gasteiger partial charge >= 0.3 is 0 Å². The summed E-state index contributed by atoms with van der Waals surface area (Å²) in [6, 6.07) is 7.98. The molecule has 0 N–H and O–H groups in total. The third kappa shape index (κ3) is 4.11. The van der Waals surface area contributed by atoms with E-state index in [1.54, 1.807) is 24.5 Å². The van der Waals surface area contributed by atoms with Crippen molar-refractivity contribution >= 4 is 11.8 Å². The number of halogens is 1. The molecule has 2 heterocycles. The number of rotatable bonds is 8. The van der Waals surface area contributed by atoms with Crippen molar-refractivity contribution in [2.75, 3.05) is 12.4 Å². The van der Waals surface area contributed by atoms with Gasteiger partial charge in [-0.15, -0.1) is 16.8 Å². The number of benzene rings is 1. The number of furan rings is 1. The van der Waals surface area contributed by atoms with Gasteiger partial charge in [0.2, 0.25) is 0 Å². The molecule has 0 radical (unpaired) electrons. The largest absolute Gasteiger partial charge is 0.493 e. The normalized spacial score (nSPS) is 10.8. The van der Waals surface area contributed by atoms with Crippen LogP contribution < -0.4 is 4.74 Å². The van der Waals surface area contributed by atoms with E-state index in [-0.39, 0.29) is 5.82 Å². The molecule has 0 atom stereocenters. The Morgan fingerprint density at radius 3 is 2.96 bits per heavy atom. The van der Waals surface area contributed by atoms with Gasteiger partial charge in [0.25, 0.3) is 0 Å². The first-order valence-electron chi connectivity index (χ1n) is 7.78. The minimum absolute atomic E-state index is 0.309. The van der Waals surface area contributed by atoms with Gasteiger partial charge in [-0.25, -0.2) is 4.39 Å². The summed E-state index contributed by atoms with van der Waals surface area (Å²) in [7, 11) is 0. The zero-order chi connectivity index (χ0) is 17.6. The van der Waals surface area contributed by atoms with Crippen LogP contribution in [-0.4, -0.2) is 27.1 Å². The maximum Gasteiger partial charge on any atom is 0.191 e. The average molecular weight is 359 g/mol. The summed E-state index contributed by atoms with van der Waals surface area (Å²) in [5, 5.41) is 9.32. The van der Waals surface area contributed by atoms with Crippen molar-refractivity contribution < 1.29 is 13.5 Å². The molecule has 0 amide bonds. The fourth-order valence-corrected chi connectivity index (χ4v) is 3.12. The molecule has 130 valence electrons. The van der Waals surface area contributed by atoms with Crippen LogP contribution in [0, 0.1) is 12.7 Å². The summed E-state index contributed by atoms with van der Waals surface area (Å²) in [5.74, 6) is 2.41.